The van der Waals surface area contributed by atoms with Crippen LogP contribution in [-0.2, 0) is 0 Å². The van der Waals surface area contributed by atoms with E-state index in [0.717, 1.165) is 31.6 Å². The number of nitrogens with one attached hydrogen (secondary N) is 1. The molecule has 1 heterocycles. The van der Waals surface area contributed by atoms with Gasteiger partial charge < -0.3 is 10.2 Å². The minimum Gasteiger partial charge on any atom is -0.354 e. The SMILES string of the molecule is CCN(C1=NCCN1)C1CCCCC1. The number of nitrogens with zero attached hydrogens (tertiary/aromatic N) is 2. The molecule has 0 amide bonds. The van der Waals surface area contributed by atoms with Crippen LogP contribution in [0.5, 0.6) is 0 Å². The zero-order valence-corrected chi connectivity index (χ0v) is 9.13. The molecular weight excluding hydrogens is 174 g/mol. The third-order valence-corrected chi connectivity index (χ3v) is 3.28. The lowest BCUT2D eigenvalue weighted by Crippen LogP contribution is -2.46. The first-order valence-electron chi connectivity index (χ1n) is 5.97. The molecule has 0 aromatic carbocycles. The minimum absolute atomic E-state index is 0.748. The number of rotatable bonds is 2. The standard InChI is InChI=1S/C11H21N3/c1-2-14(11-12-8-9-13-11)10-6-4-3-5-7-10/h10H,2-9H2,1H3,(H,12,13). The van der Waals surface area contributed by atoms with Crippen LogP contribution in [-0.4, -0.2) is 36.5 Å². The van der Waals surface area contributed by atoms with Gasteiger partial charge in [0.2, 0.25) is 0 Å². The van der Waals surface area contributed by atoms with Crippen LogP contribution in [0, 0.1) is 0 Å². The molecule has 0 radical (unpaired) electrons. The summed E-state index contributed by atoms with van der Waals surface area (Å²) < 4.78 is 0. The van der Waals surface area contributed by atoms with Gasteiger partial charge in [0.05, 0.1) is 6.54 Å². The molecule has 0 atom stereocenters. The van der Waals surface area contributed by atoms with Crippen LogP contribution >= 0.6 is 0 Å². The molecule has 0 spiro atoms. The summed E-state index contributed by atoms with van der Waals surface area (Å²) in [6.45, 7) is 5.31. The van der Waals surface area contributed by atoms with Crippen molar-refractivity contribution in [1.29, 1.82) is 0 Å². The summed E-state index contributed by atoms with van der Waals surface area (Å²) in [7, 11) is 0. The average Bonchev–Trinajstić information content (AvgIpc) is 2.74. The summed E-state index contributed by atoms with van der Waals surface area (Å²) in [6.07, 6.45) is 6.93. The summed E-state index contributed by atoms with van der Waals surface area (Å²) in [5.74, 6) is 1.15. The highest BCUT2D eigenvalue weighted by atomic mass is 15.3. The highest BCUT2D eigenvalue weighted by Gasteiger charge is 2.23. The maximum Gasteiger partial charge on any atom is 0.194 e. The zero-order chi connectivity index (χ0) is 9.80. The molecular formula is C11H21N3. The van der Waals surface area contributed by atoms with Gasteiger partial charge in [-0.25, -0.2) is 0 Å². The number of guanidine groups is 1. The van der Waals surface area contributed by atoms with Gasteiger partial charge in [0, 0.05) is 19.1 Å². The van der Waals surface area contributed by atoms with E-state index in [1.807, 2.05) is 0 Å². The Bertz CT molecular complexity index is 207. The predicted octanol–water partition coefficient (Wildman–Crippen LogP) is 1.60. The Hall–Kier alpha value is -0.730. The normalized spacial score (nSPS) is 23.1. The fourth-order valence-corrected chi connectivity index (χ4v) is 2.55. The molecule has 2 rings (SSSR count). The fourth-order valence-electron chi connectivity index (χ4n) is 2.55. The van der Waals surface area contributed by atoms with Gasteiger partial charge >= 0.3 is 0 Å². The van der Waals surface area contributed by atoms with E-state index in [2.05, 4.69) is 22.1 Å². The quantitative estimate of drug-likeness (QED) is 0.724. The number of hydrogen-bond donors (Lipinski definition) is 1. The molecule has 3 nitrogen and oxygen atoms in total. The molecule has 14 heavy (non-hydrogen) atoms. The van der Waals surface area contributed by atoms with E-state index < -0.39 is 0 Å². The van der Waals surface area contributed by atoms with Crippen LogP contribution in [0.1, 0.15) is 39.0 Å². The van der Waals surface area contributed by atoms with Crippen molar-refractivity contribution in [3.8, 4) is 0 Å². The highest BCUT2D eigenvalue weighted by molar-refractivity contribution is 5.81. The number of aliphatic imine (C=N–C) groups is 1. The molecule has 2 aliphatic rings. The third kappa shape index (κ3) is 2.02. The largest absolute Gasteiger partial charge is 0.354 e. The molecule has 0 aromatic rings. The Morgan fingerprint density at radius 2 is 2.14 bits per heavy atom. The second-order valence-electron chi connectivity index (χ2n) is 4.21. The van der Waals surface area contributed by atoms with Gasteiger partial charge in [-0.15, -0.1) is 0 Å². The van der Waals surface area contributed by atoms with Crippen LogP contribution in [0.15, 0.2) is 4.99 Å². The lowest BCUT2D eigenvalue weighted by molar-refractivity contribution is 0.247. The highest BCUT2D eigenvalue weighted by Crippen LogP contribution is 2.22. The molecule has 1 saturated carbocycles. The monoisotopic (exact) mass is 195 g/mol. The van der Waals surface area contributed by atoms with E-state index in [1.165, 1.54) is 32.1 Å². The van der Waals surface area contributed by atoms with Gasteiger partial charge in [-0.05, 0) is 19.8 Å². The molecule has 1 aliphatic carbocycles. The summed E-state index contributed by atoms with van der Waals surface area (Å²) in [5.41, 5.74) is 0. The van der Waals surface area contributed by atoms with Gasteiger partial charge in [0.25, 0.3) is 0 Å². The van der Waals surface area contributed by atoms with Crippen LogP contribution in [0.25, 0.3) is 0 Å². The molecule has 0 bridgehead atoms. The van der Waals surface area contributed by atoms with Crippen molar-refractivity contribution < 1.29 is 0 Å². The Morgan fingerprint density at radius 1 is 1.36 bits per heavy atom. The van der Waals surface area contributed by atoms with E-state index in [1.54, 1.807) is 0 Å². The minimum atomic E-state index is 0.748. The Labute approximate surface area is 86.6 Å². The fraction of sp³-hybridized carbons (Fsp3) is 0.909. The van der Waals surface area contributed by atoms with Crippen LogP contribution in [0.4, 0.5) is 0 Å². The van der Waals surface area contributed by atoms with E-state index >= 15 is 0 Å². The van der Waals surface area contributed by atoms with E-state index in [9.17, 15) is 0 Å². The van der Waals surface area contributed by atoms with Gasteiger partial charge in [-0.1, -0.05) is 19.3 Å². The lowest BCUT2D eigenvalue weighted by atomic mass is 9.94. The van der Waals surface area contributed by atoms with Gasteiger partial charge in [0.15, 0.2) is 5.96 Å². The molecule has 0 saturated heterocycles. The average molecular weight is 195 g/mol. The molecule has 80 valence electrons. The first-order chi connectivity index (χ1) is 6.92. The first-order valence-corrected chi connectivity index (χ1v) is 5.97. The van der Waals surface area contributed by atoms with Gasteiger partial charge in [0.1, 0.15) is 0 Å². The Balaban J connectivity index is 1.96. The van der Waals surface area contributed by atoms with Crippen molar-refractivity contribution in [2.45, 2.75) is 45.1 Å². The summed E-state index contributed by atoms with van der Waals surface area (Å²) in [4.78, 5) is 6.98. The third-order valence-electron chi connectivity index (χ3n) is 3.28. The Morgan fingerprint density at radius 3 is 2.71 bits per heavy atom. The predicted molar refractivity (Wildman–Crippen MR) is 59.6 cm³/mol. The molecule has 0 unspecified atom stereocenters. The zero-order valence-electron chi connectivity index (χ0n) is 9.13. The molecule has 0 aromatic heterocycles. The van der Waals surface area contributed by atoms with Crippen molar-refractivity contribution in [3.05, 3.63) is 0 Å². The van der Waals surface area contributed by atoms with E-state index in [4.69, 9.17) is 0 Å². The lowest BCUT2D eigenvalue weighted by Gasteiger charge is -2.34. The van der Waals surface area contributed by atoms with Crippen molar-refractivity contribution in [2.24, 2.45) is 4.99 Å². The maximum absolute atomic E-state index is 4.51. The second kappa shape index (κ2) is 4.67. The molecule has 1 fully saturated rings. The van der Waals surface area contributed by atoms with Crippen LogP contribution in [0.2, 0.25) is 0 Å². The van der Waals surface area contributed by atoms with Gasteiger partial charge in [-0.3, -0.25) is 4.99 Å². The van der Waals surface area contributed by atoms with Crippen molar-refractivity contribution >= 4 is 5.96 Å². The molecule has 1 N–H and O–H groups in total. The number of hydrogen-bond acceptors (Lipinski definition) is 3. The van der Waals surface area contributed by atoms with Crippen LogP contribution in [0.3, 0.4) is 0 Å². The summed E-state index contributed by atoms with van der Waals surface area (Å²) in [5, 5.41) is 3.38. The van der Waals surface area contributed by atoms with Crippen molar-refractivity contribution in [2.75, 3.05) is 19.6 Å². The maximum atomic E-state index is 4.51. The van der Waals surface area contributed by atoms with E-state index in [-0.39, 0.29) is 0 Å². The van der Waals surface area contributed by atoms with Crippen LogP contribution < -0.4 is 5.32 Å². The smallest absolute Gasteiger partial charge is 0.194 e. The Kier molecular flexibility index (Phi) is 3.27. The first kappa shape index (κ1) is 9.81. The topological polar surface area (TPSA) is 27.6 Å². The summed E-state index contributed by atoms with van der Waals surface area (Å²) >= 11 is 0. The van der Waals surface area contributed by atoms with Gasteiger partial charge in [-0.2, -0.15) is 0 Å². The van der Waals surface area contributed by atoms with Crippen molar-refractivity contribution in [3.63, 3.8) is 0 Å². The molecule has 1 aliphatic heterocycles. The van der Waals surface area contributed by atoms with Crippen molar-refractivity contribution in [1.82, 2.24) is 10.2 Å². The van der Waals surface area contributed by atoms with E-state index in [0.29, 0.717) is 0 Å². The summed E-state index contributed by atoms with van der Waals surface area (Å²) in [6, 6.07) is 0.748. The molecule has 3 heteroatoms. The second-order valence-corrected chi connectivity index (χ2v) is 4.21.